The van der Waals surface area contributed by atoms with Crippen molar-refractivity contribution in [3.63, 3.8) is 0 Å². The first-order valence-corrected chi connectivity index (χ1v) is 4.66. The monoisotopic (exact) mass is 182 g/mol. The number of rotatable bonds is 2. The topological polar surface area (TPSA) is 26.0 Å². The molecule has 0 bridgehead atoms. The van der Waals surface area contributed by atoms with Crippen LogP contribution in [0, 0.1) is 6.07 Å². The van der Waals surface area contributed by atoms with E-state index in [1.54, 1.807) is 0 Å². The minimum Gasteiger partial charge on any atom is -0.326 e. The Balaban J connectivity index is 2.34. The molecular weight excluding hydrogens is 170 g/mol. The highest BCUT2D eigenvalue weighted by Crippen LogP contribution is 2.18. The predicted molar refractivity (Wildman–Crippen MR) is 58.6 cm³/mol. The highest BCUT2D eigenvalue weighted by Gasteiger charge is 1.95. The Morgan fingerprint density at radius 2 is 1.71 bits per heavy atom. The van der Waals surface area contributed by atoms with Gasteiger partial charge in [-0.2, -0.15) is 0 Å². The third kappa shape index (κ3) is 1.83. The van der Waals surface area contributed by atoms with Crippen molar-refractivity contribution in [1.29, 1.82) is 0 Å². The second-order valence-electron chi connectivity index (χ2n) is 3.17. The standard InChI is InChI=1S/C13H12N/c14-10-11-6-8-13(9-7-11)12-4-2-1-3-5-12/h1-6,8-9H,10,14H2. The van der Waals surface area contributed by atoms with Crippen molar-refractivity contribution in [2.24, 2.45) is 5.73 Å². The fraction of sp³-hybridized carbons (Fsp3) is 0.0769. The second-order valence-corrected chi connectivity index (χ2v) is 3.17. The quantitative estimate of drug-likeness (QED) is 0.759. The van der Waals surface area contributed by atoms with E-state index in [2.05, 4.69) is 24.3 Å². The molecule has 69 valence electrons. The molecule has 1 heteroatoms. The SMILES string of the molecule is NCc1[c]cc(-c2ccccc2)cc1. The first kappa shape index (κ1) is 8.97. The highest BCUT2D eigenvalue weighted by atomic mass is 14.5. The van der Waals surface area contributed by atoms with E-state index in [1.807, 2.05) is 30.3 Å². The van der Waals surface area contributed by atoms with Crippen molar-refractivity contribution in [2.45, 2.75) is 6.54 Å². The maximum atomic E-state index is 5.51. The maximum absolute atomic E-state index is 5.51. The summed E-state index contributed by atoms with van der Waals surface area (Å²) in [5.74, 6) is 0. The van der Waals surface area contributed by atoms with Crippen molar-refractivity contribution < 1.29 is 0 Å². The molecule has 2 N–H and O–H groups in total. The van der Waals surface area contributed by atoms with Gasteiger partial charge in [-0.05, 0) is 28.8 Å². The molecule has 0 aromatic heterocycles. The van der Waals surface area contributed by atoms with Gasteiger partial charge in [-0.15, -0.1) is 0 Å². The van der Waals surface area contributed by atoms with Crippen LogP contribution in [-0.2, 0) is 6.54 Å². The van der Waals surface area contributed by atoms with Crippen LogP contribution < -0.4 is 5.73 Å². The Hall–Kier alpha value is -1.60. The van der Waals surface area contributed by atoms with Crippen molar-refractivity contribution in [1.82, 2.24) is 0 Å². The first-order chi connectivity index (χ1) is 6.90. The van der Waals surface area contributed by atoms with Crippen molar-refractivity contribution in [2.75, 3.05) is 0 Å². The molecular formula is C13H12N. The van der Waals surface area contributed by atoms with Crippen LogP contribution in [-0.4, -0.2) is 0 Å². The van der Waals surface area contributed by atoms with Gasteiger partial charge in [0.15, 0.2) is 0 Å². The van der Waals surface area contributed by atoms with Gasteiger partial charge in [0.25, 0.3) is 0 Å². The van der Waals surface area contributed by atoms with E-state index in [-0.39, 0.29) is 0 Å². The van der Waals surface area contributed by atoms with Crippen molar-refractivity contribution >= 4 is 0 Å². The molecule has 0 saturated carbocycles. The van der Waals surface area contributed by atoms with Gasteiger partial charge in [0.1, 0.15) is 0 Å². The fourth-order valence-corrected chi connectivity index (χ4v) is 1.39. The number of benzene rings is 2. The van der Waals surface area contributed by atoms with Crippen LogP contribution in [0.3, 0.4) is 0 Å². The molecule has 0 fully saturated rings. The Kier molecular flexibility index (Phi) is 2.61. The normalized spacial score (nSPS) is 10.1. The third-order valence-corrected chi connectivity index (χ3v) is 2.20. The Morgan fingerprint density at radius 1 is 0.929 bits per heavy atom. The highest BCUT2D eigenvalue weighted by molar-refractivity contribution is 5.63. The molecule has 0 heterocycles. The molecule has 0 aliphatic rings. The van der Waals surface area contributed by atoms with Crippen LogP contribution in [0.25, 0.3) is 11.1 Å². The lowest BCUT2D eigenvalue weighted by Crippen LogP contribution is -1.95. The maximum Gasteiger partial charge on any atom is 0.0184 e. The molecule has 2 rings (SSSR count). The zero-order valence-corrected chi connectivity index (χ0v) is 7.90. The summed E-state index contributed by atoms with van der Waals surface area (Å²) < 4.78 is 0. The van der Waals surface area contributed by atoms with Gasteiger partial charge in [0.2, 0.25) is 0 Å². The first-order valence-electron chi connectivity index (χ1n) is 4.66. The van der Waals surface area contributed by atoms with Crippen LogP contribution >= 0.6 is 0 Å². The van der Waals surface area contributed by atoms with E-state index >= 15 is 0 Å². The second kappa shape index (κ2) is 4.07. The number of nitrogens with two attached hydrogens (primary N) is 1. The summed E-state index contributed by atoms with van der Waals surface area (Å²) in [5, 5.41) is 0. The Morgan fingerprint density at radius 3 is 2.29 bits per heavy atom. The molecule has 1 nitrogen and oxygen atoms in total. The Bertz CT molecular complexity index is 389. The fourth-order valence-electron chi connectivity index (χ4n) is 1.39. The van der Waals surface area contributed by atoms with Crippen LogP contribution in [0.5, 0.6) is 0 Å². The summed E-state index contributed by atoms with van der Waals surface area (Å²) in [5.41, 5.74) is 8.95. The van der Waals surface area contributed by atoms with Crippen molar-refractivity contribution in [3.05, 3.63) is 60.2 Å². The molecule has 0 spiro atoms. The van der Waals surface area contributed by atoms with Crippen molar-refractivity contribution in [3.8, 4) is 11.1 Å². The van der Waals surface area contributed by atoms with Crippen LogP contribution in [0.15, 0.2) is 48.5 Å². The molecule has 0 amide bonds. The molecule has 2 aromatic rings. The van der Waals surface area contributed by atoms with E-state index < -0.39 is 0 Å². The van der Waals surface area contributed by atoms with E-state index in [0.717, 1.165) is 5.56 Å². The number of hydrogen-bond acceptors (Lipinski definition) is 1. The van der Waals surface area contributed by atoms with Crippen LogP contribution in [0.2, 0.25) is 0 Å². The molecule has 1 radical (unpaired) electrons. The van der Waals surface area contributed by atoms with Gasteiger partial charge >= 0.3 is 0 Å². The lowest BCUT2D eigenvalue weighted by molar-refractivity contribution is 1.07. The zero-order valence-electron chi connectivity index (χ0n) is 7.90. The van der Waals surface area contributed by atoms with E-state index in [0.29, 0.717) is 6.54 Å². The van der Waals surface area contributed by atoms with Gasteiger partial charge in [0, 0.05) is 6.54 Å². The smallest absolute Gasteiger partial charge is 0.0184 e. The molecule has 0 saturated heterocycles. The molecule has 14 heavy (non-hydrogen) atoms. The lowest BCUT2D eigenvalue weighted by Gasteiger charge is -2.01. The summed E-state index contributed by atoms with van der Waals surface area (Å²) in [7, 11) is 0. The Labute approximate surface area is 84.2 Å². The van der Waals surface area contributed by atoms with Gasteiger partial charge in [-0.3, -0.25) is 0 Å². The average Bonchev–Trinajstić information content (AvgIpc) is 2.30. The largest absolute Gasteiger partial charge is 0.326 e. The van der Waals surface area contributed by atoms with E-state index in [1.165, 1.54) is 11.1 Å². The van der Waals surface area contributed by atoms with E-state index in [4.69, 9.17) is 5.73 Å². The van der Waals surface area contributed by atoms with Gasteiger partial charge in [-0.1, -0.05) is 42.5 Å². The zero-order chi connectivity index (χ0) is 9.80. The summed E-state index contributed by atoms with van der Waals surface area (Å²) in [6.07, 6.45) is 0. The summed E-state index contributed by atoms with van der Waals surface area (Å²) in [4.78, 5) is 0. The minimum atomic E-state index is 0.551. The van der Waals surface area contributed by atoms with Crippen LogP contribution in [0.1, 0.15) is 5.56 Å². The summed E-state index contributed by atoms with van der Waals surface area (Å²) in [6.45, 7) is 0.551. The minimum absolute atomic E-state index is 0.551. The van der Waals surface area contributed by atoms with Gasteiger partial charge in [-0.25, -0.2) is 0 Å². The lowest BCUT2D eigenvalue weighted by atomic mass is 10.0. The summed E-state index contributed by atoms with van der Waals surface area (Å²) in [6, 6.07) is 19.5. The van der Waals surface area contributed by atoms with Crippen LogP contribution in [0.4, 0.5) is 0 Å². The van der Waals surface area contributed by atoms with Gasteiger partial charge < -0.3 is 5.73 Å². The van der Waals surface area contributed by atoms with E-state index in [9.17, 15) is 0 Å². The molecule has 2 aromatic carbocycles. The third-order valence-electron chi connectivity index (χ3n) is 2.20. The van der Waals surface area contributed by atoms with Gasteiger partial charge in [0.05, 0.1) is 0 Å². The number of hydrogen-bond donors (Lipinski definition) is 1. The average molecular weight is 182 g/mol. The molecule has 0 unspecified atom stereocenters. The molecule has 0 aliphatic carbocycles. The molecule has 0 atom stereocenters. The summed E-state index contributed by atoms with van der Waals surface area (Å²) >= 11 is 0. The molecule has 0 aliphatic heterocycles. The predicted octanol–water partition coefficient (Wildman–Crippen LogP) is 2.61.